The Hall–Kier alpha value is -0.280. The van der Waals surface area contributed by atoms with E-state index in [1.165, 1.54) is 0 Å². The van der Waals surface area contributed by atoms with Crippen molar-refractivity contribution in [3.63, 3.8) is 0 Å². The van der Waals surface area contributed by atoms with Crippen LogP contribution in [0.25, 0.3) is 0 Å². The maximum Gasteiger partial charge on any atom is 0.221 e. The number of nitrogens with two attached hydrogens (primary N) is 1. The Morgan fingerprint density at radius 2 is 2.38 bits per heavy atom. The van der Waals surface area contributed by atoms with E-state index < -0.39 is 0 Å². The predicted molar refractivity (Wildman–Crippen MR) is 32.6 cm³/mol. The highest BCUT2D eigenvalue weighted by molar-refractivity contribution is 5.85. The van der Waals surface area contributed by atoms with E-state index in [0.29, 0.717) is 6.42 Å². The molecule has 3 nitrogen and oxygen atoms in total. The van der Waals surface area contributed by atoms with E-state index in [4.69, 9.17) is 5.73 Å². The standard InChI is InChI=1S/C4H8N2O.ClH/c5-3-1-2-4(7)6-3;/h3H,1-2,5H2,(H,6,7);1H/t3-;/m1./s1. The van der Waals surface area contributed by atoms with Crippen LogP contribution >= 0.6 is 12.4 Å². The van der Waals surface area contributed by atoms with E-state index in [9.17, 15) is 4.79 Å². The van der Waals surface area contributed by atoms with Crippen molar-refractivity contribution in [2.75, 3.05) is 0 Å². The maximum atomic E-state index is 10.3. The van der Waals surface area contributed by atoms with Gasteiger partial charge in [0, 0.05) is 6.42 Å². The van der Waals surface area contributed by atoms with Crippen molar-refractivity contribution >= 4 is 18.3 Å². The second kappa shape index (κ2) is 2.89. The van der Waals surface area contributed by atoms with Crippen LogP contribution in [0.3, 0.4) is 0 Å². The Morgan fingerprint density at radius 1 is 1.75 bits per heavy atom. The second-order valence-corrected chi connectivity index (χ2v) is 1.71. The van der Waals surface area contributed by atoms with Crippen LogP contribution in [0.1, 0.15) is 12.8 Å². The van der Waals surface area contributed by atoms with Crippen LogP contribution in [0.5, 0.6) is 0 Å². The van der Waals surface area contributed by atoms with Gasteiger partial charge in [-0.15, -0.1) is 12.4 Å². The van der Waals surface area contributed by atoms with Crippen LogP contribution in [0.4, 0.5) is 0 Å². The molecule has 1 rings (SSSR count). The minimum atomic E-state index is -0.0764. The molecule has 1 amide bonds. The van der Waals surface area contributed by atoms with Gasteiger partial charge >= 0.3 is 0 Å². The van der Waals surface area contributed by atoms with Crippen LogP contribution in [0, 0.1) is 0 Å². The summed E-state index contributed by atoms with van der Waals surface area (Å²) in [5.41, 5.74) is 5.29. The summed E-state index contributed by atoms with van der Waals surface area (Å²) >= 11 is 0. The molecule has 0 aliphatic carbocycles. The van der Waals surface area contributed by atoms with E-state index in [1.54, 1.807) is 0 Å². The van der Waals surface area contributed by atoms with Crippen LogP contribution in [-0.4, -0.2) is 12.1 Å². The summed E-state index contributed by atoms with van der Waals surface area (Å²) in [6, 6.07) is 0. The van der Waals surface area contributed by atoms with E-state index >= 15 is 0 Å². The van der Waals surface area contributed by atoms with Gasteiger partial charge in [0.2, 0.25) is 5.91 Å². The Balaban J connectivity index is 0.000000490. The van der Waals surface area contributed by atoms with Gasteiger partial charge in [0.25, 0.3) is 0 Å². The summed E-state index contributed by atoms with van der Waals surface area (Å²) in [5, 5.41) is 2.56. The summed E-state index contributed by atoms with van der Waals surface area (Å²) in [7, 11) is 0. The number of hydrogen-bond donors (Lipinski definition) is 2. The Bertz CT molecular complexity index is 96.0. The minimum Gasteiger partial charge on any atom is -0.341 e. The number of amides is 1. The molecule has 0 spiro atoms. The molecular formula is C4H9ClN2O. The molecule has 0 aromatic carbocycles. The van der Waals surface area contributed by atoms with E-state index in [1.807, 2.05) is 0 Å². The predicted octanol–water partition coefficient (Wildman–Crippen LogP) is -0.397. The van der Waals surface area contributed by atoms with E-state index in [0.717, 1.165) is 6.42 Å². The van der Waals surface area contributed by atoms with E-state index in [-0.39, 0.29) is 24.5 Å². The summed E-state index contributed by atoms with van der Waals surface area (Å²) < 4.78 is 0. The minimum absolute atomic E-state index is 0. The van der Waals surface area contributed by atoms with Crippen molar-refractivity contribution in [3.8, 4) is 0 Å². The summed E-state index contributed by atoms with van der Waals surface area (Å²) in [6.07, 6.45) is 1.31. The summed E-state index contributed by atoms with van der Waals surface area (Å²) in [6.45, 7) is 0. The van der Waals surface area contributed by atoms with Gasteiger partial charge in [0.05, 0.1) is 6.17 Å². The molecule has 0 aromatic rings. The topological polar surface area (TPSA) is 55.1 Å². The Kier molecular flexibility index (Phi) is 2.79. The number of carbonyl (C=O) groups excluding carboxylic acids is 1. The molecular weight excluding hydrogens is 128 g/mol. The molecule has 3 N–H and O–H groups in total. The number of rotatable bonds is 0. The van der Waals surface area contributed by atoms with Gasteiger partial charge in [-0.05, 0) is 6.42 Å². The lowest BCUT2D eigenvalue weighted by Gasteiger charge is -1.96. The van der Waals surface area contributed by atoms with Gasteiger partial charge in [-0.3, -0.25) is 4.79 Å². The molecule has 0 aromatic heterocycles. The van der Waals surface area contributed by atoms with Gasteiger partial charge in [0.15, 0.2) is 0 Å². The first-order chi connectivity index (χ1) is 3.29. The lowest BCUT2D eigenvalue weighted by atomic mass is 10.3. The largest absolute Gasteiger partial charge is 0.341 e. The lowest BCUT2D eigenvalue weighted by Crippen LogP contribution is -2.32. The monoisotopic (exact) mass is 136 g/mol. The molecule has 8 heavy (non-hydrogen) atoms. The molecule has 1 saturated heterocycles. The van der Waals surface area contributed by atoms with Crippen LogP contribution in [-0.2, 0) is 4.79 Å². The fraction of sp³-hybridized carbons (Fsp3) is 0.750. The van der Waals surface area contributed by atoms with Crippen molar-refractivity contribution in [1.29, 1.82) is 0 Å². The molecule has 1 aliphatic heterocycles. The van der Waals surface area contributed by atoms with E-state index in [2.05, 4.69) is 5.32 Å². The average Bonchev–Trinajstić information content (AvgIpc) is 1.87. The molecule has 1 atom stereocenters. The normalized spacial score (nSPS) is 26.6. The third-order valence-corrected chi connectivity index (χ3v) is 1.03. The highest BCUT2D eigenvalue weighted by Crippen LogP contribution is 1.99. The fourth-order valence-corrected chi connectivity index (χ4v) is 0.638. The third kappa shape index (κ3) is 1.68. The zero-order valence-electron chi connectivity index (χ0n) is 4.39. The number of nitrogens with one attached hydrogen (secondary N) is 1. The molecule has 0 unspecified atom stereocenters. The van der Waals surface area contributed by atoms with Gasteiger partial charge in [-0.25, -0.2) is 0 Å². The molecule has 0 bridgehead atoms. The molecule has 1 heterocycles. The van der Waals surface area contributed by atoms with Crippen molar-refractivity contribution in [3.05, 3.63) is 0 Å². The van der Waals surface area contributed by atoms with Gasteiger partial charge < -0.3 is 11.1 Å². The van der Waals surface area contributed by atoms with Crippen molar-refractivity contribution in [1.82, 2.24) is 5.32 Å². The van der Waals surface area contributed by atoms with Gasteiger partial charge in [-0.2, -0.15) is 0 Å². The zero-order chi connectivity index (χ0) is 5.28. The van der Waals surface area contributed by atoms with Crippen molar-refractivity contribution in [2.24, 2.45) is 5.73 Å². The lowest BCUT2D eigenvalue weighted by molar-refractivity contribution is -0.119. The molecule has 1 fully saturated rings. The molecule has 1 aliphatic rings. The average molecular weight is 137 g/mol. The number of carbonyl (C=O) groups is 1. The SMILES string of the molecule is Cl.N[C@H]1CCC(=O)N1. The zero-order valence-corrected chi connectivity index (χ0v) is 5.20. The van der Waals surface area contributed by atoms with Gasteiger partial charge in [-0.1, -0.05) is 0 Å². The number of halogens is 1. The number of hydrogen-bond acceptors (Lipinski definition) is 2. The summed E-state index contributed by atoms with van der Waals surface area (Å²) in [5.74, 6) is 0.0764. The second-order valence-electron chi connectivity index (χ2n) is 1.71. The Morgan fingerprint density at radius 3 is 2.50 bits per heavy atom. The third-order valence-electron chi connectivity index (χ3n) is 1.03. The first-order valence-corrected chi connectivity index (χ1v) is 2.34. The highest BCUT2D eigenvalue weighted by atomic mass is 35.5. The first-order valence-electron chi connectivity index (χ1n) is 2.34. The Labute approximate surface area is 54.0 Å². The van der Waals surface area contributed by atoms with Crippen LogP contribution < -0.4 is 11.1 Å². The summed E-state index contributed by atoms with van der Waals surface area (Å²) in [4.78, 5) is 10.3. The smallest absolute Gasteiger partial charge is 0.221 e. The van der Waals surface area contributed by atoms with Gasteiger partial charge in [0.1, 0.15) is 0 Å². The molecule has 0 radical (unpaired) electrons. The van der Waals surface area contributed by atoms with Crippen molar-refractivity contribution in [2.45, 2.75) is 19.0 Å². The van der Waals surface area contributed by atoms with Crippen LogP contribution in [0.15, 0.2) is 0 Å². The quantitative estimate of drug-likeness (QED) is 0.476. The molecule has 0 saturated carbocycles. The molecule has 48 valence electrons. The maximum absolute atomic E-state index is 10.3. The van der Waals surface area contributed by atoms with Crippen LogP contribution in [0.2, 0.25) is 0 Å². The first kappa shape index (κ1) is 7.72. The van der Waals surface area contributed by atoms with Crippen molar-refractivity contribution < 1.29 is 4.79 Å². The highest BCUT2D eigenvalue weighted by Gasteiger charge is 2.15. The fourth-order valence-electron chi connectivity index (χ4n) is 0.638. The molecule has 4 heteroatoms.